The van der Waals surface area contributed by atoms with Crippen molar-refractivity contribution in [3.8, 4) is 0 Å². The number of nitrogens with one attached hydrogen (secondary N) is 1. The highest BCUT2D eigenvalue weighted by Crippen LogP contribution is 2.19. The maximum absolute atomic E-state index is 13.5. The van der Waals surface area contributed by atoms with Crippen molar-refractivity contribution in [2.75, 3.05) is 13.6 Å². The van der Waals surface area contributed by atoms with Gasteiger partial charge in [0.1, 0.15) is 17.4 Å². The molecule has 0 spiro atoms. The van der Waals surface area contributed by atoms with Crippen LogP contribution >= 0.6 is 0 Å². The van der Waals surface area contributed by atoms with Crippen molar-refractivity contribution in [2.24, 2.45) is 0 Å². The van der Waals surface area contributed by atoms with Gasteiger partial charge in [0.2, 0.25) is 5.91 Å². The van der Waals surface area contributed by atoms with Crippen LogP contribution in [-0.4, -0.2) is 30.3 Å². The van der Waals surface area contributed by atoms with Crippen molar-refractivity contribution in [1.29, 1.82) is 0 Å². The summed E-state index contributed by atoms with van der Waals surface area (Å²) < 4.78 is 31.6. The van der Waals surface area contributed by atoms with E-state index in [1.165, 1.54) is 11.2 Å². The van der Waals surface area contributed by atoms with Crippen LogP contribution in [0.3, 0.4) is 0 Å². The third-order valence-corrected chi connectivity index (χ3v) is 3.73. The van der Waals surface area contributed by atoms with Gasteiger partial charge in [-0.2, -0.15) is 0 Å². The van der Waals surface area contributed by atoms with Crippen LogP contribution in [0.25, 0.3) is 0 Å². The second-order valence-corrected chi connectivity index (χ2v) is 5.33. The SMILES string of the molecule is CC(c1ccco1)N(C)C(=O)CCNC(=O)c1ccc(F)cc1F. The molecule has 128 valence electrons. The van der Waals surface area contributed by atoms with Gasteiger partial charge in [-0.05, 0) is 31.2 Å². The molecule has 0 radical (unpaired) electrons. The summed E-state index contributed by atoms with van der Waals surface area (Å²) in [6, 6.07) is 5.97. The Morgan fingerprint density at radius 3 is 2.67 bits per heavy atom. The molecule has 2 aromatic rings. The van der Waals surface area contributed by atoms with Gasteiger partial charge in [-0.25, -0.2) is 8.78 Å². The number of hydrogen-bond acceptors (Lipinski definition) is 3. The summed E-state index contributed by atoms with van der Waals surface area (Å²) in [5.41, 5.74) is -0.263. The molecule has 24 heavy (non-hydrogen) atoms. The lowest BCUT2D eigenvalue weighted by molar-refractivity contribution is -0.131. The van der Waals surface area contributed by atoms with Crippen molar-refractivity contribution in [3.63, 3.8) is 0 Å². The zero-order valence-electron chi connectivity index (χ0n) is 13.4. The van der Waals surface area contributed by atoms with Gasteiger partial charge < -0.3 is 14.6 Å². The van der Waals surface area contributed by atoms with Crippen molar-refractivity contribution in [3.05, 3.63) is 59.6 Å². The number of benzene rings is 1. The van der Waals surface area contributed by atoms with Gasteiger partial charge in [0.15, 0.2) is 0 Å². The number of furan rings is 1. The Hall–Kier alpha value is -2.70. The van der Waals surface area contributed by atoms with E-state index < -0.39 is 17.5 Å². The number of carbonyl (C=O) groups is 2. The second kappa shape index (κ2) is 7.72. The molecule has 1 heterocycles. The summed E-state index contributed by atoms with van der Waals surface area (Å²) in [4.78, 5) is 25.5. The molecular weight excluding hydrogens is 318 g/mol. The number of hydrogen-bond donors (Lipinski definition) is 1. The van der Waals surface area contributed by atoms with Gasteiger partial charge >= 0.3 is 0 Å². The summed E-state index contributed by atoms with van der Waals surface area (Å²) in [7, 11) is 1.64. The van der Waals surface area contributed by atoms with Crippen molar-refractivity contribution in [1.82, 2.24) is 10.2 Å². The molecule has 0 aliphatic rings. The number of amides is 2. The smallest absolute Gasteiger partial charge is 0.254 e. The van der Waals surface area contributed by atoms with E-state index in [0.29, 0.717) is 11.8 Å². The highest BCUT2D eigenvalue weighted by Gasteiger charge is 2.19. The fourth-order valence-electron chi connectivity index (χ4n) is 2.16. The first-order valence-corrected chi connectivity index (χ1v) is 7.42. The molecule has 0 fully saturated rings. The monoisotopic (exact) mass is 336 g/mol. The number of rotatable bonds is 6. The quantitative estimate of drug-likeness (QED) is 0.882. The molecule has 2 amide bonds. The topological polar surface area (TPSA) is 62.6 Å². The number of halogens is 2. The van der Waals surface area contributed by atoms with Gasteiger partial charge in [0.05, 0.1) is 17.9 Å². The summed E-state index contributed by atoms with van der Waals surface area (Å²) in [5, 5.41) is 2.45. The van der Waals surface area contributed by atoms with Crippen molar-refractivity contribution >= 4 is 11.8 Å². The predicted octanol–water partition coefficient (Wildman–Crippen LogP) is 2.90. The Bertz CT molecular complexity index is 717. The van der Waals surface area contributed by atoms with E-state index in [9.17, 15) is 18.4 Å². The minimum Gasteiger partial charge on any atom is -0.467 e. The fourth-order valence-corrected chi connectivity index (χ4v) is 2.16. The molecule has 0 aliphatic carbocycles. The van der Waals surface area contributed by atoms with Gasteiger partial charge in [-0.3, -0.25) is 9.59 Å². The molecule has 0 saturated heterocycles. The summed E-state index contributed by atoms with van der Waals surface area (Å²) >= 11 is 0. The minimum absolute atomic E-state index is 0.0453. The average Bonchev–Trinajstić information content (AvgIpc) is 3.07. The standard InChI is InChI=1S/C17H18F2N2O3/c1-11(15-4-3-9-24-15)21(2)16(22)7-8-20-17(23)13-6-5-12(18)10-14(13)19/h3-6,9-11H,7-8H2,1-2H3,(H,20,23). The van der Waals surface area contributed by atoms with Crippen LogP contribution in [0.2, 0.25) is 0 Å². The predicted molar refractivity (Wildman–Crippen MR) is 83.2 cm³/mol. The van der Waals surface area contributed by atoms with Gasteiger partial charge in [0.25, 0.3) is 5.91 Å². The zero-order valence-corrected chi connectivity index (χ0v) is 13.4. The van der Waals surface area contributed by atoms with Crippen LogP contribution in [0.4, 0.5) is 8.78 Å². The van der Waals surface area contributed by atoms with Crippen LogP contribution in [0, 0.1) is 11.6 Å². The third kappa shape index (κ3) is 4.18. The highest BCUT2D eigenvalue weighted by molar-refractivity contribution is 5.94. The van der Waals surface area contributed by atoms with E-state index in [1.54, 1.807) is 19.2 Å². The van der Waals surface area contributed by atoms with E-state index in [2.05, 4.69) is 5.32 Å². The Morgan fingerprint density at radius 2 is 2.04 bits per heavy atom. The maximum atomic E-state index is 13.5. The normalized spacial score (nSPS) is 11.8. The number of carbonyl (C=O) groups excluding carboxylic acids is 2. The van der Waals surface area contributed by atoms with E-state index >= 15 is 0 Å². The summed E-state index contributed by atoms with van der Waals surface area (Å²) in [6.07, 6.45) is 1.58. The molecule has 0 bridgehead atoms. The van der Waals surface area contributed by atoms with Crippen LogP contribution in [0.1, 0.15) is 35.5 Å². The van der Waals surface area contributed by atoms with Crippen molar-refractivity contribution in [2.45, 2.75) is 19.4 Å². The molecule has 1 aromatic heterocycles. The summed E-state index contributed by atoms with van der Waals surface area (Å²) in [6.45, 7) is 1.87. The first-order valence-electron chi connectivity index (χ1n) is 7.42. The Morgan fingerprint density at radius 1 is 1.29 bits per heavy atom. The lowest BCUT2D eigenvalue weighted by Crippen LogP contribution is -2.33. The fraction of sp³-hybridized carbons (Fsp3) is 0.294. The van der Waals surface area contributed by atoms with Crippen LogP contribution in [-0.2, 0) is 4.79 Å². The van der Waals surface area contributed by atoms with Crippen LogP contribution in [0.15, 0.2) is 41.0 Å². The van der Waals surface area contributed by atoms with Gasteiger partial charge in [-0.1, -0.05) is 0 Å². The molecule has 1 unspecified atom stereocenters. The molecule has 2 rings (SSSR count). The molecule has 1 N–H and O–H groups in total. The second-order valence-electron chi connectivity index (χ2n) is 5.33. The molecule has 0 saturated carbocycles. The lowest BCUT2D eigenvalue weighted by atomic mass is 10.2. The minimum atomic E-state index is -0.942. The Labute approximate surface area is 138 Å². The van der Waals surface area contributed by atoms with Gasteiger partial charge in [-0.15, -0.1) is 0 Å². The van der Waals surface area contributed by atoms with E-state index in [4.69, 9.17) is 4.42 Å². The maximum Gasteiger partial charge on any atom is 0.254 e. The Kier molecular flexibility index (Phi) is 5.68. The van der Waals surface area contributed by atoms with E-state index in [1.807, 2.05) is 6.92 Å². The van der Waals surface area contributed by atoms with Gasteiger partial charge in [0, 0.05) is 26.1 Å². The lowest BCUT2D eigenvalue weighted by Gasteiger charge is -2.23. The third-order valence-electron chi connectivity index (χ3n) is 3.73. The van der Waals surface area contributed by atoms with E-state index in [0.717, 1.165) is 12.1 Å². The average molecular weight is 336 g/mol. The van der Waals surface area contributed by atoms with Crippen LogP contribution in [0.5, 0.6) is 0 Å². The zero-order chi connectivity index (χ0) is 17.7. The summed E-state index contributed by atoms with van der Waals surface area (Å²) in [5.74, 6) is -1.93. The Balaban J connectivity index is 1.84. The molecule has 0 aliphatic heterocycles. The highest BCUT2D eigenvalue weighted by atomic mass is 19.1. The largest absolute Gasteiger partial charge is 0.467 e. The molecule has 5 nitrogen and oxygen atoms in total. The molecular formula is C17H18F2N2O3. The number of nitrogens with zero attached hydrogens (tertiary/aromatic N) is 1. The molecule has 7 heteroatoms. The van der Waals surface area contributed by atoms with Crippen molar-refractivity contribution < 1.29 is 22.8 Å². The molecule has 1 atom stereocenters. The van der Waals surface area contributed by atoms with E-state index in [-0.39, 0.29) is 30.5 Å². The van der Waals surface area contributed by atoms with Crippen LogP contribution < -0.4 is 5.32 Å². The first-order chi connectivity index (χ1) is 11.4. The first kappa shape index (κ1) is 17.7. The molecule has 1 aromatic carbocycles.